The standard InChI is InChI=1S/C24H22O2/c1-4-12-20(13-5-1)24(21-14-6-2-7-15-21,22-16-8-3-9-17-22)26-23-18-10-11-19-25-23/h1-17,23H,18-19H2. The molecule has 0 N–H and O–H groups in total. The van der Waals surface area contributed by atoms with Gasteiger partial charge in [0.25, 0.3) is 0 Å². The highest BCUT2D eigenvalue weighted by Crippen LogP contribution is 2.42. The van der Waals surface area contributed by atoms with Gasteiger partial charge in [0.2, 0.25) is 0 Å². The summed E-state index contributed by atoms with van der Waals surface area (Å²) in [5.74, 6) is 0. The van der Waals surface area contributed by atoms with Crippen LogP contribution in [0.1, 0.15) is 23.1 Å². The van der Waals surface area contributed by atoms with Crippen LogP contribution in [0, 0.1) is 0 Å². The van der Waals surface area contributed by atoms with Gasteiger partial charge in [0.15, 0.2) is 6.29 Å². The van der Waals surface area contributed by atoms with Gasteiger partial charge in [-0.2, -0.15) is 0 Å². The predicted molar refractivity (Wildman–Crippen MR) is 104 cm³/mol. The van der Waals surface area contributed by atoms with Crippen molar-refractivity contribution in [3.63, 3.8) is 0 Å². The molecule has 1 heterocycles. The average molecular weight is 342 g/mol. The molecule has 0 saturated carbocycles. The number of rotatable bonds is 5. The van der Waals surface area contributed by atoms with Crippen molar-refractivity contribution in [2.45, 2.75) is 18.3 Å². The van der Waals surface area contributed by atoms with Gasteiger partial charge in [-0.25, -0.2) is 0 Å². The minimum absolute atomic E-state index is 0.291. The van der Waals surface area contributed by atoms with E-state index >= 15 is 0 Å². The summed E-state index contributed by atoms with van der Waals surface area (Å²) in [5.41, 5.74) is 2.56. The maximum Gasteiger partial charge on any atom is 0.163 e. The van der Waals surface area contributed by atoms with Gasteiger partial charge in [0, 0.05) is 6.42 Å². The SMILES string of the molecule is C1=CCC(OC(c2ccccc2)(c2ccccc2)c2ccccc2)OC1. The van der Waals surface area contributed by atoms with Crippen LogP contribution in [0.3, 0.4) is 0 Å². The van der Waals surface area contributed by atoms with Gasteiger partial charge in [-0.15, -0.1) is 0 Å². The fraction of sp³-hybridized carbons (Fsp3) is 0.167. The maximum atomic E-state index is 6.76. The Morgan fingerprint density at radius 1 is 0.654 bits per heavy atom. The van der Waals surface area contributed by atoms with Crippen molar-refractivity contribution in [3.8, 4) is 0 Å². The Balaban J connectivity index is 1.92. The Hall–Kier alpha value is -2.68. The zero-order valence-corrected chi connectivity index (χ0v) is 14.6. The molecule has 3 aromatic carbocycles. The van der Waals surface area contributed by atoms with E-state index in [0.29, 0.717) is 6.61 Å². The summed E-state index contributed by atoms with van der Waals surface area (Å²) in [6.07, 6.45) is 4.61. The summed E-state index contributed by atoms with van der Waals surface area (Å²) in [5, 5.41) is 0. The first kappa shape index (κ1) is 16.8. The lowest BCUT2D eigenvalue weighted by molar-refractivity contribution is -0.185. The molecular weight excluding hydrogens is 320 g/mol. The average Bonchev–Trinajstić information content (AvgIpc) is 2.75. The molecule has 26 heavy (non-hydrogen) atoms. The molecule has 1 aliphatic heterocycles. The molecule has 0 aromatic heterocycles. The number of hydrogen-bond acceptors (Lipinski definition) is 2. The van der Waals surface area contributed by atoms with E-state index in [2.05, 4.69) is 78.9 Å². The molecule has 3 aromatic rings. The van der Waals surface area contributed by atoms with Gasteiger partial charge in [-0.1, -0.05) is 103 Å². The normalized spacial score (nSPS) is 17.2. The van der Waals surface area contributed by atoms with Crippen molar-refractivity contribution in [1.82, 2.24) is 0 Å². The Morgan fingerprint density at radius 2 is 1.12 bits per heavy atom. The van der Waals surface area contributed by atoms with Crippen molar-refractivity contribution in [2.24, 2.45) is 0 Å². The number of ether oxygens (including phenoxy) is 2. The van der Waals surface area contributed by atoms with Crippen molar-refractivity contribution >= 4 is 0 Å². The Kier molecular flexibility index (Phi) is 4.96. The molecule has 2 heteroatoms. The van der Waals surface area contributed by atoms with Crippen LogP contribution in [0.25, 0.3) is 0 Å². The quantitative estimate of drug-likeness (QED) is 0.463. The third kappa shape index (κ3) is 3.22. The van der Waals surface area contributed by atoms with Gasteiger partial charge in [-0.05, 0) is 16.7 Å². The summed E-state index contributed by atoms with van der Waals surface area (Å²) in [4.78, 5) is 0. The van der Waals surface area contributed by atoms with E-state index in [1.54, 1.807) is 0 Å². The molecule has 1 atom stereocenters. The number of hydrogen-bond donors (Lipinski definition) is 0. The lowest BCUT2D eigenvalue weighted by Gasteiger charge is -2.39. The van der Waals surface area contributed by atoms with Crippen LogP contribution in [0.2, 0.25) is 0 Å². The first-order valence-corrected chi connectivity index (χ1v) is 9.00. The van der Waals surface area contributed by atoms with E-state index in [9.17, 15) is 0 Å². The minimum atomic E-state index is -0.723. The molecule has 1 unspecified atom stereocenters. The van der Waals surface area contributed by atoms with Crippen molar-refractivity contribution < 1.29 is 9.47 Å². The third-order valence-corrected chi connectivity index (χ3v) is 4.72. The lowest BCUT2D eigenvalue weighted by Crippen LogP contribution is -2.38. The molecule has 0 aliphatic carbocycles. The molecule has 0 fully saturated rings. The van der Waals surface area contributed by atoms with Crippen LogP contribution in [0.15, 0.2) is 103 Å². The fourth-order valence-corrected chi connectivity index (χ4v) is 3.51. The van der Waals surface area contributed by atoms with E-state index in [1.807, 2.05) is 24.3 Å². The smallest absolute Gasteiger partial charge is 0.163 e. The van der Waals surface area contributed by atoms with Gasteiger partial charge in [-0.3, -0.25) is 0 Å². The summed E-state index contributed by atoms with van der Waals surface area (Å²) in [6, 6.07) is 31.2. The summed E-state index contributed by atoms with van der Waals surface area (Å²) >= 11 is 0. The highest BCUT2D eigenvalue weighted by atomic mass is 16.7. The summed E-state index contributed by atoms with van der Waals surface area (Å²) in [7, 11) is 0. The van der Waals surface area contributed by atoms with Crippen molar-refractivity contribution in [2.75, 3.05) is 6.61 Å². The molecule has 4 rings (SSSR count). The topological polar surface area (TPSA) is 18.5 Å². The zero-order valence-electron chi connectivity index (χ0n) is 14.6. The monoisotopic (exact) mass is 342 g/mol. The molecule has 1 aliphatic rings. The van der Waals surface area contributed by atoms with E-state index in [0.717, 1.165) is 23.1 Å². The van der Waals surface area contributed by atoms with Gasteiger partial charge < -0.3 is 9.47 Å². The third-order valence-electron chi connectivity index (χ3n) is 4.72. The van der Waals surface area contributed by atoms with Crippen LogP contribution < -0.4 is 0 Å². The first-order chi connectivity index (χ1) is 12.9. The van der Waals surface area contributed by atoms with E-state index in [1.165, 1.54) is 0 Å². The van der Waals surface area contributed by atoms with Gasteiger partial charge in [0.05, 0.1) is 6.61 Å². The highest BCUT2D eigenvalue weighted by molar-refractivity contribution is 5.47. The Morgan fingerprint density at radius 3 is 1.50 bits per heavy atom. The van der Waals surface area contributed by atoms with Crippen LogP contribution >= 0.6 is 0 Å². The van der Waals surface area contributed by atoms with Crippen molar-refractivity contribution in [1.29, 1.82) is 0 Å². The molecule has 0 amide bonds. The predicted octanol–water partition coefficient (Wildman–Crippen LogP) is 5.30. The minimum Gasteiger partial charge on any atom is -0.348 e. The first-order valence-electron chi connectivity index (χ1n) is 9.00. The van der Waals surface area contributed by atoms with E-state index in [-0.39, 0.29) is 6.29 Å². The molecule has 0 spiro atoms. The zero-order chi connectivity index (χ0) is 17.7. The van der Waals surface area contributed by atoms with E-state index < -0.39 is 5.60 Å². The van der Waals surface area contributed by atoms with Gasteiger partial charge >= 0.3 is 0 Å². The summed E-state index contributed by atoms with van der Waals surface area (Å²) in [6.45, 7) is 0.582. The Bertz CT molecular complexity index is 744. The molecule has 130 valence electrons. The second kappa shape index (κ2) is 7.69. The fourth-order valence-electron chi connectivity index (χ4n) is 3.51. The van der Waals surface area contributed by atoms with Crippen LogP contribution in [-0.2, 0) is 15.1 Å². The van der Waals surface area contributed by atoms with Crippen LogP contribution in [-0.4, -0.2) is 12.9 Å². The van der Waals surface area contributed by atoms with Crippen LogP contribution in [0.5, 0.6) is 0 Å². The second-order valence-corrected chi connectivity index (χ2v) is 6.37. The number of benzene rings is 3. The van der Waals surface area contributed by atoms with Crippen LogP contribution in [0.4, 0.5) is 0 Å². The molecule has 0 saturated heterocycles. The van der Waals surface area contributed by atoms with E-state index in [4.69, 9.17) is 9.47 Å². The molecule has 0 radical (unpaired) electrons. The summed E-state index contributed by atoms with van der Waals surface area (Å²) < 4.78 is 12.7. The van der Waals surface area contributed by atoms with Gasteiger partial charge in [0.1, 0.15) is 5.60 Å². The largest absolute Gasteiger partial charge is 0.348 e. The molecular formula is C24H22O2. The van der Waals surface area contributed by atoms with Crippen molar-refractivity contribution in [3.05, 3.63) is 120 Å². The lowest BCUT2D eigenvalue weighted by atomic mass is 9.80. The molecule has 2 nitrogen and oxygen atoms in total. The highest BCUT2D eigenvalue weighted by Gasteiger charge is 2.40. The maximum absolute atomic E-state index is 6.76. The second-order valence-electron chi connectivity index (χ2n) is 6.37. The molecule has 0 bridgehead atoms. The Labute approximate surface area is 154 Å².